The molecule has 1 aromatic heterocycles. The van der Waals surface area contributed by atoms with E-state index >= 15 is 0 Å². The normalized spacial score (nSPS) is 11.6. The molecular weight excluding hydrogens is 317 g/mol. The fraction of sp³-hybridized carbons (Fsp3) is 0.154. The van der Waals surface area contributed by atoms with E-state index in [1.54, 1.807) is 24.4 Å². The van der Waals surface area contributed by atoms with Crippen molar-refractivity contribution in [1.29, 1.82) is 0 Å². The molecule has 21 heavy (non-hydrogen) atoms. The molecule has 1 aromatic carbocycles. The molecule has 8 heteroatoms. The summed E-state index contributed by atoms with van der Waals surface area (Å²) in [5, 5.41) is -0.166. The van der Waals surface area contributed by atoms with Crippen molar-refractivity contribution >= 4 is 21.6 Å². The van der Waals surface area contributed by atoms with Crippen LogP contribution in [0.3, 0.4) is 0 Å². The molecule has 0 fully saturated rings. The molecule has 0 radical (unpaired) electrons. The predicted molar refractivity (Wildman–Crippen MR) is 77.6 cm³/mol. The average Bonchev–Trinajstić information content (AvgIpc) is 2.49. The lowest BCUT2D eigenvalue weighted by atomic mass is 10.2. The standard InChI is InChI=1S/C13H13ClFN3O2S/c14-13-9(7-16)5-11(6-12(13)15)21(19,20)18-8-10-3-1-2-4-17-10/h1-6,18H,7-8,16H2. The predicted octanol–water partition coefficient (Wildman–Crippen LogP) is 1.81. The van der Waals surface area contributed by atoms with E-state index in [4.69, 9.17) is 17.3 Å². The summed E-state index contributed by atoms with van der Waals surface area (Å²) in [6, 6.07) is 7.26. The van der Waals surface area contributed by atoms with Crippen LogP contribution in [-0.4, -0.2) is 13.4 Å². The van der Waals surface area contributed by atoms with Gasteiger partial charge >= 0.3 is 0 Å². The highest BCUT2D eigenvalue weighted by Crippen LogP contribution is 2.24. The van der Waals surface area contributed by atoms with Crippen LogP contribution in [0.4, 0.5) is 4.39 Å². The first-order valence-corrected chi connectivity index (χ1v) is 7.87. The molecule has 1 heterocycles. The summed E-state index contributed by atoms with van der Waals surface area (Å²) in [4.78, 5) is 3.78. The van der Waals surface area contributed by atoms with E-state index in [0.717, 1.165) is 6.07 Å². The van der Waals surface area contributed by atoms with Crippen molar-refractivity contribution in [3.05, 3.63) is 58.6 Å². The number of nitrogens with zero attached hydrogens (tertiary/aromatic N) is 1. The fourth-order valence-corrected chi connectivity index (χ4v) is 2.92. The van der Waals surface area contributed by atoms with Gasteiger partial charge in [0.1, 0.15) is 5.82 Å². The number of nitrogens with two attached hydrogens (primary N) is 1. The first-order chi connectivity index (χ1) is 9.94. The maximum absolute atomic E-state index is 13.6. The minimum Gasteiger partial charge on any atom is -0.326 e. The molecule has 0 aliphatic heterocycles. The van der Waals surface area contributed by atoms with Crippen molar-refractivity contribution in [2.75, 3.05) is 0 Å². The van der Waals surface area contributed by atoms with E-state index in [1.165, 1.54) is 6.07 Å². The Balaban J connectivity index is 2.25. The van der Waals surface area contributed by atoms with E-state index in [2.05, 4.69) is 9.71 Å². The van der Waals surface area contributed by atoms with E-state index in [9.17, 15) is 12.8 Å². The number of nitrogens with one attached hydrogen (secondary N) is 1. The minimum atomic E-state index is -3.87. The Morgan fingerprint density at radius 3 is 2.71 bits per heavy atom. The monoisotopic (exact) mass is 329 g/mol. The number of aromatic nitrogens is 1. The SMILES string of the molecule is NCc1cc(S(=O)(=O)NCc2ccccn2)cc(F)c1Cl. The zero-order chi connectivity index (χ0) is 15.5. The van der Waals surface area contributed by atoms with Crippen molar-refractivity contribution in [2.45, 2.75) is 18.0 Å². The third-order valence-electron chi connectivity index (χ3n) is 2.78. The summed E-state index contributed by atoms with van der Waals surface area (Å²) < 4.78 is 40.3. The lowest BCUT2D eigenvalue weighted by Gasteiger charge is -2.09. The molecule has 5 nitrogen and oxygen atoms in total. The maximum atomic E-state index is 13.6. The molecule has 0 atom stereocenters. The molecule has 2 rings (SSSR count). The van der Waals surface area contributed by atoms with Crippen LogP contribution in [0.5, 0.6) is 0 Å². The Hall–Kier alpha value is -1.54. The quantitative estimate of drug-likeness (QED) is 0.876. The number of benzene rings is 1. The van der Waals surface area contributed by atoms with E-state index in [0.29, 0.717) is 5.69 Å². The van der Waals surface area contributed by atoms with Gasteiger partial charge in [0.25, 0.3) is 0 Å². The van der Waals surface area contributed by atoms with E-state index in [1.807, 2.05) is 0 Å². The van der Waals surface area contributed by atoms with Crippen LogP contribution in [0, 0.1) is 5.82 Å². The summed E-state index contributed by atoms with van der Waals surface area (Å²) in [7, 11) is -3.87. The lowest BCUT2D eigenvalue weighted by Crippen LogP contribution is -2.24. The second-order valence-electron chi connectivity index (χ2n) is 4.23. The fourth-order valence-electron chi connectivity index (χ4n) is 1.68. The molecule has 0 saturated heterocycles. The zero-order valence-electron chi connectivity index (χ0n) is 10.9. The van der Waals surface area contributed by atoms with Crippen molar-refractivity contribution in [3.63, 3.8) is 0 Å². The number of sulfonamides is 1. The highest BCUT2D eigenvalue weighted by molar-refractivity contribution is 7.89. The van der Waals surface area contributed by atoms with Crippen molar-refractivity contribution in [3.8, 4) is 0 Å². The molecule has 2 aromatic rings. The molecule has 0 aliphatic rings. The van der Waals surface area contributed by atoms with Gasteiger partial charge in [-0.05, 0) is 29.8 Å². The van der Waals surface area contributed by atoms with Gasteiger partial charge in [-0.1, -0.05) is 17.7 Å². The van der Waals surface area contributed by atoms with Crippen LogP contribution < -0.4 is 10.5 Å². The second-order valence-corrected chi connectivity index (χ2v) is 6.37. The van der Waals surface area contributed by atoms with Crippen LogP contribution in [0.1, 0.15) is 11.3 Å². The van der Waals surface area contributed by atoms with Gasteiger partial charge in [-0.2, -0.15) is 0 Å². The number of hydrogen-bond donors (Lipinski definition) is 2. The Bertz CT molecular complexity index is 739. The van der Waals surface area contributed by atoms with Gasteiger partial charge in [0, 0.05) is 12.7 Å². The minimum absolute atomic E-state index is 0.00533. The van der Waals surface area contributed by atoms with E-state index < -0.39 is 15.8 Å². The van der Waals surface area contributed by atoms with Gasteiger partial charge in [-0.25, -0.2) is 17.5 Å². The van der Waals surface area contributed by atoms with E-state index in [-0.39, 0.29) is 28.6 Å². The van der Waals surface area contributed by atoms with Gasteiger partial charge < -0.3 is 5.73 Å². The number of hydrogen-bond acceptors (Lipinski definition) is 4. The number of pyridine rings is 1. The Kier molecular flexibility index (Phi) is 4.89. The number of halogens is 2. The van der Waals surface area contributed by atoms with Crippen LogP contribution >= 0.6 is 11.6 Å². The molecule has 0 aliphatic carbocycles. The van der Waals surface area contributed by atoms with Crippen molar-refractivity contribution < 1.29 is 12.8 Å². The smallest absolute Gasteiger partial charge is 0.241 e. The van der Waals surface area contributed by atoms with Crippen molar-refractivity contribution in [1.82, 2.24) is 9.71 Å². The molecule has 112 valence electrons. The Morgan fingerprint density at radius 2 is 2.10 bits per heavy atom. The summed E-state index contributed by atoms with van der Waals surface area (Å²) in [6.45, 7) is -0.0509. The molecule has 0 spiro atoms. The van der Waals surface area contributed by atoms with Gasteiger partial charge in [0.2, 0.25) is 10.0 Å². The van der Waals surface area contributed by atoms with Gasteiger partial charge in [0.05, 0.1) is 22.2 Å². The molecular formula is C13H13ClFN3O2S. The van der Waals surface area contributed by atoms with Crippen LogP contribution in [0.25, 0.3) is 0 Å². The summed E-state index contributed by atoms with van der Waals surface area (Å²) in [5.74, 6) is -0.821. The summed E-state index contributed by atoms with van der Waals surface area (Å²) in [5.41, 5.74) is 6.20. The highest BCUT2D eigenvalue weighted by atomic mass is 35.5. The zero-order valence-corrected chi connectivity index (χ0v) is 12.5. The highest BCUT2D eigenvalue weighted by Gasteiger charge is 2.18. The third-order valence-corrected chi connectivity index (χ3v) is 4.58. The largest absolute Gasteiger partial charge is 0.326 e. The first kappa shape index (κ1) is 15.8. The Morgan fingerprint density at radius 1 is 1.33 bits per heavy atom. The lowest BCUT2D eigenvalue weighted by molar-refractivity contribution is 0.576. The maximum Gasteiger partial charge on any atom is 0.241 e. The van der Waals surface area contributed by atoms with Gasteiger partial charge in [0.15, 0.2) is 0 Å². The van der Waals surface area contributed by atoms with Gasteiger partial charge in [-0.15, -0.1) is 0 Å². The summed E-state index contributed by atoms with van der Waals surface area (Å²) in [6.07, 6.45) is 1.55. The molecule has 0 unspecified atom stereocenters. The number of rotatable bonds is 5. The van der Waals surface area contributed by atoms with Crippen LogP contribution in [-0.2, 0) is 23.1 Å². The van der Waals surface area contributed by atoms with Crippen molar-refractivity contribution in [2.24, 2.45) is 5.73 Å². The molecule has 0 amide bonds. The second kappa shape index (κ2) is 6.48. The average molecular weight is 330 g/mol. The summed E-state index contributed by atoms with van der Waals surface area (Å²) >= 11 is 5.71. The van der Waals surface area contributed by atoms with Gasteiger partial charge in [-0.3, -0.25) is 4.98 Å². The molecule has 0 saturated carbocycles. The van der Waals surface area contributed by atoms with Crippen LogP contribution in [0.15, 0.2) is 41.4 Å². The Labute approximate surface area is 127 Å². The topological polar surface area (TPSA) is 85.1 Å². The third kappa shape index (κ3) is 3.76. The van der Waals surface area contributed by atoms with Crippen LogP contribution in [0.2, 0.25) is 5.02 Å². The molecule has 3 N–H and O–H groups in total. The molecule has 0 bridgehead atoms. The first-order valence-electron chi connectivity index (χ1n) is 6.01.